The lowest BCUT2D eigenvalue weighted by Gasteiger charge is -2.04. The van der Waals surface area contributed by atoms with Crippen LogP contribution >= 0.6 is 15.9 Å². The molecule has 0 saturated carbocycles. The van der Waals surface area contributed by atoms with E-state index in [1.165, 1.54) is 0 Å². The van der Waals surface area contributed by atoms with E-state index in [9.17, 15) is 4.79 Å². The van der Waals surface area contributed by atoms with Crippen molar-refractivity contribution in [1.82, 2.24) is 0 Å². The van der Waals surface area contributed by atoms with E-state index in [0.29, 0.717) is 10.0 Å². The van der Waals surface area contributed by atoms with Crippen LogP contribution in [0.1, 0.15) is 11.1 Å². The Bertz CT molecular complexity index is 402. The highest BCUT2D eigenvalue weighted by molar-refractivity contribution is 9.10. The molecule has 0 aliphatic rings. The number of primary amides is 1. The molecule has 0 aliphatic heterocycles. The summed E-state index contributed by atoms with van der Waals surface area (Å²) in [5, 5.41) is 11.5. The number of amides is 1. The van der Waals surface area contributed by atoms with Crippen molar-refractivity contribution in [2.24, 2.45) is 10.9 Å². The minimum Gasteiger partial charge on any atom is -0.410 e. The molecule has 0 radical (unpaired) electrons. The number of oxime groups is 1. The van der Waals surface area contributed by atoms with Crippen LogP contribution < -0.4 is 5.73 Å². The number of nitrogens with two attached hydrogens (primary N) is 1. The molecule has 4 nitrogen and oxygen atoms in total. The Hall–Kier alpha value is -1.36. The van der Waals surface area contributed by atoms with Crippen LogP contribution in [0.4, 0.5) is 0 Å². The molecule has 0 bridgehead atoms. The molecular formula is C9H9BrN2O2. The lowest BCUT2D eigenvalue weighted by atomic mass is 10.1. The monoisotopic (exact) mass is 256 g/mol. The number of carbonyl (C=O) groups is 1. The number of nitrogens with zero attached hydrogens (tertiary/aromatic N) is 1. The molecule has 3 N–H and O–H groups in total. The van der Waals surface area contributed by atoms with E-state index in [1.807, 2.05) is 13.0 Å². The van der Waals surface area contributed by atoms with Crippen LogP contribution in [-0.4, -0.2) is 16.8 Å². The minimum absolute atomic E-state index is 0.152. The van der Waals surface area contributed by atoms with Crippen molar-refractivity contribution in [2.45, 2.75) is 6.92 Å². The van der Waals surface area contributed by atoms with Crippen LogP contribution in [0.15, 0.2) is 27.8 Å². The van der Waals surface area contributed by atoms with Gasteiger partial charge in [0.15, 0.2) is 5.71 Å². The van der Waals surface area contributed by atoms with E-state index >= 15 is 0 Å². The third-order valence-electron chi connectivity index (χ3n) is 1.71. The van der Waals surface area contributed by atoms with Gasteiger partial charge in [-0.25, -0.2) is 0 Å². The number of rotatable bonds is 2. The highest BCUT2D eigenvalue weighted by Crippen LogP contribution is 2.18. The maximum absolute atomic E-state index is 10.9. The molecule has 1 aromatic carbocycles. The van der Waals surface area contributed by atoms with Gasteiger partial charge in [-0.1, -0.05) is 32.7 Å². The number of aryl methyl sites for hydroxylation is 1. The van der Waals surface area contributed by atoms with Gasteiger partial charge in [0.25, 0.3) is 5.91 Å². The van der Waals surface area contributed by atoms with Crippen molar-refractivity contribution in [3.63, 3.8) is 0 Å². The number of hydrogen-bond acceptors (Lipinski definition) is 3. The second-order valence-corrected chi connectivity index (χ2v) is 3.65. The van der Waals surface area contributed by atoms with Gasteiger partial charge in [0, 0.05) is 10.0 Å². The quantitative estimate of drug-likeness (QED) is 0.477. The standard InChI is InChI=1S/C9H9BrN2O2/c1-5-2-3-7(10)6(4-5)8(12-14)9(11)13/h2-4,14H,1H3,(H2,11,13). The molecule has 0 spiro atoms. The zero-order valence-corrected chi connectivity index (χ0v) is 9.08. The van der Waals surface area contributed by atoms with E-state index in [1.54, 1.807) is 12.1 Å². The van der Waals surface area contributed by atoms with Crippen LogP contribution in [0.3, 0.4) is 0 Å². The third-order valence-corrected chi connectivity index (χ3v) is 2.40. The Morgan fingerprint density at radius 1 is 1.57 bits per heavy atom. The van der Waals surface area contributed by atoms with E-state index in [2.05, 4.69) is 21.1 Å². The fraction of sp³-hybridized carbons (Fsp3) is 0.111. The second-order valence-electron chi connectivity index (χ2n) is 2.80. The lowest BCUT2D eigenvalue weighted by Crippen LogP contribution is -2.24. The molecule has 0 aromatic heterocycles. The first kappa shape index (κ1) is 10.7. The molecule has 14 heavy (non-hydrogen) atoms. The summed E-state index contributed by atoms with van der Waals surface area (Å²) >= 11 is 3.24. The topological polar surface area (TPSA) is 75.7 Å². The molecule has 5 heteroatoms. The first-order chi connectivity index (χ1) is 6.56. The molecular weight excluding hydrogens is 248 g/mol. The summed E-state index contributed by atoms with van der Waals surface area (Å²) in [6.45, 7) is 1.87. The molecule has 0 unspecified atom stereocenters. The number of carbonyl (C=O) groups excluding carboxylic acids is 1. The van der Waals surface area contributed by atoms with Gasteiger partial charge in [-0.15, -0.1) is 0 Å². The Kier molecular flexibility index (Phi) is 3.24. The third kappa shape index (κ3) is 2.11. The van der Waals surface area contributed by atoms with Crippen molar-refractivity contribution in [2.75, 3.05) is 0 Å². The maximum Gasteiger partial charge on any atom is 0.271 e. The van der Waals surface area contributed by atoms with Gasteiger partial charge in [-0.05, 0) is 19.1 Å². The van der Waals surface area contributed by atoms with Gasteiger partial charge in [0.05, 0.1) is 0 Å². The first-order valence-electron chi connectivity index (χ1n) is 3.84. The van der Waals surface area contributed by atoms with Crippen molar-refractivity contribution in [3.8, 4) is 0 Å². The van der Waals surface area contributed by atoms with Crippen LogP contribution in [0.25, 0.3) is 0 Å². The van der Waals surface area contributed by atoms with Crippen molar-refractivity contribution in [1.29, 1.82) is 0 Å². The van der Waals surface area contributed by atoms with E-state index in [4.69, 9.17) is 10.9 Å². The predicted molar refractivity (Wildman–Crippen MR) is 56.4 cm³/mol. The van der Waals surface area contributed by atoms with E-state index in [0.717, 1.165) is 5.56 Å². The Labute approximate surface area is 89.5 Å². The summed E-state index contributed by atoms with van der Waals surface area (Å²) in [5.74, 6) is -0.765. The fourth-order valence-electron chi connectivity index (χ4n) is 1.06. The Morgan fingerprint density at radius 3 is 2.71 bits per heavy atom. The molecule has 0 saturated heterocycles. The number of hydrogen-bond donors (Lipinski definition) is 2. The smallest absolute Gasteiger partial charge is 0.271 e. The molecule has 0 fully saturated rings. The summed E-state index contributed by atoms with van der Waals surface area (Å²) in [7, 11) is 0. The fourth-order valence-corrected chi connectivity index (χ4v) is 1.49. The van der Waals surface area contributed by atoms with Gasteiger partial charge in [-0.3, -0.25) is 4.79 Å². The van der Waals surface area contributed by atoms with E-state index < -0.39 is 5.91 Å². The summed E-state index contributed by atoms with van der Waals surface area (Å²) in [6.07, 6.45) is 0. The lowest BCUT2D eigenvalue weighted by molar-refractivity contribution is -0.112. The number of halogens is 1. The molecule has 1 amide bonds. The van der Waals surface area contributed by atoms with Gasteiger partial charge in [-0.2, -0.15) is 0 Å². The highest BCUT2D eigenvalue weighted by Gasteiger charge is 2.14. The molecule has 0 heterocycles. The van der Waals surface area contributed by atoms with Crippen LogP contribution in [0.2, 0.25) is 0 Å². The predicted octanol–water partition coefficient (Wildman–Crippen LogP) is 1.42. The largest absolute Gasteiger partial charge is 0.410 e. The zero-order chi connectivity index (χ0) is 10.7. The van der Waals surface area contributed by atoms with Crippen LogP contribution in [0, 0.1) is 6.92 Å². The number of benzene rings is 1. The van der Waals surface area contributed by atoms with Crippen molar-refractivity contribution >= 4 is 27.5 Å². The summed E-state index contributed by atoms with van der Waals surface area (Å²) < 4.78 is 0.662. The average Bonchev–Trinajstić information content (AvgIpc) is 2.11. The molecule has 1 aromatic rings. The molecule has 1 rings (SSSR count). The highest BCUT2D eigenvalue weighted by atomic mass is 79.9. The summed E-state index contributed by atoms with van der Waals surface area (Å²) in [6, 6.07) is 5.34. The van der Waals surface area contributed by atoms with Gasteiger partial charge >= 0.3 is 0 Å². The van der Waals surface area contributed by atoms with E-state index in [-0.39, 0.29) is 5.71 Å². The minimum atomic E-state index is -0.765. The first-order valence-corrected chi connectivity index (χ1v) is 4.64. The summed E-state index contributed by atoms with van der Waals surface area (Å²) in [5.41, 5.74) is 6.33. The Balaban J connectivity index is 3.30. The maximum atomic E-state index is 10.9. The zero-order valence-electron chi connectivity index (χ0n) is 7.49. The van der Waals surface area contributed by atoms with Gasteiger partial charge in [0.2, 0.25) is 0 Å². The molecule has 0 atom stereocenters. The second kappa shape index (κ2) is 4.23. The van der Waals surface area contributed by atoms with Gasteiger partial charge in [0.1, 0.15) is 0 Å². The summed E-state index contributed by atoms with van der Waals surface area (Å²) in [4.78, 5) is 10.9. The van der Waals surface area contributed by atoms with Crippen molar-refractivity contribution < 1.29 is 10.0 Å². The van der Waals surface area contributed by atoms with Crippen molar-refractivity contribution in [3.05, 3.63) is 33.8 Å². The van der Waals surface area contributed by atoms with Crippen LogP contribution in [0.5, 0.6) is 0 Å². The molecule has 0 aliphatic carbocycles. The average molecular weight is 257 g/mol. The SMILES string of the molecule is Cc1ccc(Br)c(C(=NO)C(N)=O)c1. The van der Waals surface area contributed by atoms with Gasteiger partial charge < -0.3 is 10.9 Å². The Morgan fingerprint density at radius 2 is 2.21 bits per heavy atom. The normalized spacial score (nSPS) is 11.4. The molecule has 74 valence electrons. The van der Waals surface area contributed by atoms with Crippen LogP contribution in [-0.2, 0) is 4.79 Å².